The van der Waals surface area contributed by atoms with E-state index in [2.05, 4.69) is 13.8 Å². The van der Waals surface area contributed by atoms with Crippen LogP contribution in [0.4, 0.5) is 0 Å². The fourth-order valence-electron chi connectivity index (χ4n) is 2.25. The number of hydrogen-bond acceptors (Lipinski definition) is 2. The minimum atomic E-state index is -0.299. The van der Waals surface area contributed by atoms with Crippen LogP contribution in [0, 0.1) is 13.8 Å². The van der Waals surface area contributed by atoms with Gasteiger partial charge in [0.2, 0.25) is 0 Å². The van der Waals surface area contributed by atoms with E-state index < -0.39 is 0 Å². The molecule has 0 radical (unpaired) electrons. The third-order valence-electron chi connectivity index (χ3n) is 3.64. The molecule has 0 bridgehead atoms. The molecular weight excluding hydrogens is 260 g/mol. The smallest absolute Gasteiger partial charge is 0.343 e. The van der Waals surface area contributed by atoms with E-state index in [0.29, 0.717) is 11.3 Å². The Morgan fingerprint density at radius 3 is 2.43 bits per heavy atom. The summed E-state index contributed by atoms with van der Waals surface area (Å²) in [7, 11) is 0. The Morgan fingerprint density at radius 2 is 1.71 bits per heavy atom. The second kappa shape index (κ2) is 5.41. The first-order valence-electron chi connectivity index (χ1n) is 6.92. The molecular formula is C19H16O2. The zero-order valence-corrected chi connectivity index (χ0v) is 12.1. The molecule has 0 N–H and O–H groups in total. The fraction of sp³-hybridized carbons (Fsp3) is 0.105. The predicted molar refractivity (Wildman–Crippen MR) is 84.4 cm³/mol. The molecule has 1 aliphatic heterocycles. The molecule has 0 aromatic heterocycles. The summed E-state index contributed by atoms with van der Waals surface area (Å²) >= 11 is 0. The number of cyclic esters (lactones) is 1. The van der Waals surface area contributed by atoms with Gasteiger partial charge in [0.1, 0.15) is 5.76 Å². The van der Waals surface area contributed by atoms with Gasteiger partial charge in [0.15, 0.2) is 0 Å². The topological polar surface area (TPSA) is 26.3 Å². The molecule has 104 valence electrons. The number of carbonyl (C=O) groups is 1. The average Bonchev–Trinajstić information content (AvgIpc) is 2.84. The van der Waals surface area contributed by atoms with Gasteiger partial charge in [-0.1, -0.05) is 42.5 Å². The van der Waals surface area contributed by atoms with Crippen LogP contribution in [0.1, 0.15) is 22.3 Å². The van der Waals surface area contributed by atoms with Crippen molar-refractivity contribution < 1.29 is 9.53 Å². The number of carbonyl (C=O) groups excluding carboxylic acids is 1. The third-order valence-corrected chi connectivity index (χ3v) is 3.64. The number of rotatable bonds is 2. The molecule has 2 heteroatoms. The molecule has 21 heavy (non-hydrogen) atoms. The summed E-state index contributed by atoms with van der Waals surface area (Å²) in [5, 5.41) is 0. The van der Waals surface area contributed by atoms with Crippen molar-refractivity contribution in [3.8, 4) is 0 Å². The van der Waals surface area contributed by atoms with Crippen LogP contribution in [0.5, 0.6) is 0 Å². The Kier molecular flexibility index (Phi) is 3.44. The Morgan fingerprint density at radius 1 is 0.952 bits per heavy atom. The summed E-state index contributed by atoms with van der Waals surface area (Å²) in [5.74, 6) is 0.317. The minimum Gasteiger partial charge on any atom is -0.422 e. The molecule has 0 unspecified atom stereocenters. The van der Waals surface area contributed by atoms with Gasteiger partial charge in [0.25, 0.3) is 0 Å². The maximum absolute atomic E-state index is 12.0. The average molecular weight is 276 g/mol. The molecule has 0 saturated carbocycles. The Balaban J connectivity index is 1.95. The van der Waals surface area contributed by atoms with Crippen molar-refractivity contribution in [1.29, 1.82) is 0 Å². The van der Waals surface area contributed by atoms with Gasteiger partial charge < -0.3 is 4.74 Å². The van der Waals surface area contributed by atoms with Crippen LogP contribution in [0.3, 0.4) is 0 Å². The number of benzene rings is 2. The summed E-state index contributed by atoms with van der Waals surface area (Å²) in [6, 6.07) is 15.8. The van der Waals surface area contributed by atoms with E-state index in [1.165, 1.54) is 11.1 Å². The van der Waals surface area contributed by atoms with Crippen molar-refractivity contribution in [3.63, 3.8) is 0 Å². The van der Waals surface area contributed by atoms with Crippen molar-refractivity contribution in [2.75, 3.05) is 0 Å². The Bertz CT molecular complexity index is 752. The molecule has 0 spiro atoms. The lowest BCUT2D eigenvalue weighted by Crippen LogP contribution is -1.97. The number of ether oxygens (including phenoxy) is 1. The number of aryl methyl sites for hydroxylation is 2. The summed E-state index contributed by atoms with van der Waals surface area (Å²) < 4.78 is 5.38. The van der Waals surface area contributed by atoms with Crippen LogP contribution in [0.25, 0.3) is 11.8 Å². The normalized spacial score (nSPS) is 16.0. The maximum atomic E-state index is 12.0. The molecule has 0 amide bonds. The summed E-state index contributed by atoms with van der Waals surface area (Å²) in [6.45, 7) is 4.12. The van der Waals surface area contributed by atoms with Crippen molar-refractivity contribution in [1.82, 2.24) is 0 Å². The van der Waals surface area contributed by atoms with Crippen LogP contribution in [-0.4, -0.2) is 5.97 Å². The molecule has 2 aromatic carbocycles. The van der Waals surface area contributed by atoms with Gasteiger partial charge in [0.05, 0.1) is 5.57 Å². The molecule has 0 fully saturated rings. The van der Waals surface area contributed by atoms with E-state index in [1.807, 2.05) is 54.6 Å². The zero-order chi connectivity index (χ0) is 14.8. The van der Waals surface area contributed by atoms with Crippen LogP contribution in [0.2, 0.25) is 0 Å². The highest BCUT2D eigenvalue weighted by Gasteiger charge is 2.22. The van der Waals surface area contributed by atoms with Gasteiger partial charge in [-0.3, -0.25) is 0 Å². The first-order valence-corrected chi connectivity index (χ1v) is 6.92. The van der Waals surface area contributed by atoms with E-state index in [-0.39, 0.29) is 5.97 Å². The van der Waals surface area contributed by atoms with Gasteiger partial charge in [-0.05, 0) is 48.8 Å². The summed E-state index contributed by atoms with van der Waals surface area (Å²) in [5.41, 5.74) is 4.91. The molecule has 1 aliphatic rings. The molecule has 2 nitrogen and oxygen atoms in total. The van der Waals surface area contributed by atoms with Crippen molar-refractivity contribution >= 4 is 17.8 Å². The number of hydrogen-bond donors (Lipinski definition) is 0. The van der Waals surface area contributed by atoms with Gasteiger partial charge in [-0.25, -0.2) is 4.79 Å². The second-order valence-electron chi connectivity index (χ2n) is 5.21. The third kappa shape index (κ3) is 2.79. The van der Waals surface area contributed by atoms with Crippen LogP contribution < -0.4 is 0 Å². The van der Waals surface area contributed by atoms with E-state index in [9.17, 15) is 4.79 Å². The van der Waals surface area contributed by atoms with E-state index >= 15 is 0 Å². The quantitative estimate of drug-likeness (QED) is 0.604. The molecule has 2 aromatic rings. The second-order valence-corrected chi connectivity index (χ2v) is 5.21. The van der Waals surface area contributed by atoms with Crippen molar-refractivity contribution in [2.45, 2.75) is 13.8 Å². The van der Waals surface area contributed by atoms with E-state index in [4.69, 9.17) is 4.74 Å². The van der Waals surface area contributed by atoms with Gasteiger partial charge in [-0.2, -0.15) is 0 Å². The van der Waals surface area contributed by atoms with Crippen molar-refractivity contribution in [3.05, 3.63) is 82.4 Å². The Hall–Kier alpha value is -2.61. The first kappa shape index (κ1) is 13.4. The van der Waals surface area contributed by atoms with Gasteiger partial charge >= 0.3 is 5.97 Å². The highest BCUT2D eigenvalue weighted by atomic mass is 16.5. The Labute approximate surface area is 124 Å². The largest absolute Gasteiger partial charge is 0.422 e. The highest BCUT2D eigenvalue weighted by Crippen LogP contribution is 2.28. The van der Waals surface area contributed by atoms with Gasteiger partial charge in [-0.15, -0.1) is 0 Å². The molecule has 0 atom stereocenters. The predicted octanol–water partition coefficient (Wildman–Crippen LogP) is 4.28. The minimum absolute atomic E-state index is 0.299. The monoisotopic (exact) mass is 276 g/mol. The zero-order valence-electron chi connectivity index (χ0n) is 12.1. The summed E-state index contributed by atoms with van der Waals surface area (Å²) in [6.07, 6.45) is 3.65. The maximum Gasteiger partial charge on any atom is 0.343 e. The molecule has 1 heterocycles. The number of esters is 1. The lowest BCUT2D eigenvalue weighted by Gasteiger charge is -2.05. The summed E-state index contributed by atoms with van der Waals surface area (Å²) in [4.78, 5) is 12.0. The molecule has 0 saturated heterocycles. The van der Waals surface area contributed by atoms with Gasteiger partial charge in [0, 0.05) is 5.56 Å². The van der Waals surface area contributed by atoms with E-state index in [0.717, 1.165) is 11.1 Å². The lowest BCUT2D eigenvalue weighted by atomic mass is 10.0. The molecule has 3 rings (SSSR count). The highest BCUT2D eigenvalue weighted by molar-refractivity contribution is 6.05. The van der Waals surface area contributed by atoms with E-state index in [1.54, 1.807) is 6.08 Å². The van der Waals surface area contributed by atoms with Crippen LogP contribution in [-0.2, 0) is 9.53 Å². The standard InChI is InChI=1S/C19H16O2/c1-13-8-9-16(10-14(13)2)18-12-17(19(20)21-18)11-15-6-4-3-5-7-15/h3-12H,1-2H3. The first-order chi connectivity index (χ1) is 10.1. The fourth-order valence-corrected chi connectivity index (χ4v) is 2.25. The molecule has 0 aliphatic carbocycles. The van der Waals surface area contributed by atoms with Crippen LogP contribution in [0.15, 0.2) is 60.2 Å². The van der Waals surface area contributed by atoms with Crippen LogP contribution >= 0.6 is 0 Å². The lowest BCUT2D eigenvalue weighted by molar-refractivity contribution is -0.130. The van der Waals surface area contributed by atoms with Crippen molar-refractivity contribution in [2.24, 2.45) is 0 Å². The SMILES string of the molecule is Cc1ccc(C2=CC(=Cc3ccccc3)C(=O)O2)cc1C.